The normalized spacial score (nSPS) is 15.8. The Labute approximate surface area is 170 Å². The molecule has 1 aliphatic heterocycles. The predicted octanol–water partition coefficient (Wildman–Crippen LogP) is 3.07. The molecule has 8 nitrogen and oxygen atoms in total. The third-order valence-electron chi connectivity index (χ3n) is 4.47. The molecule has 0 aliphatic carbocycles. The number of carbonyl (C=O) groups excluding carboxylic acids is 1. The predicted molar refractivity (Wildman–Crippen MR) is 105 cm³/mol. The number of aromatic nitrogens is 4. The number of rotatable bonds is 6. The third kappa shape index (κ3) is 4.14. The second-order valence-corrected chi connectivity index (χ2v) is 6.96. The smallest absolute Gasteiger partial charge is 0.268 e. The van der Waals surface area contributed by atoms with E-state index in [1.165, 1.54) is 12.1 Å². The Morgan fingerprint density at radius 3 is 2.90 bits per heavy atom. The fraction of sp³-hybridized carbons (Fsp3) is 0.263. The maximum Gasteiger partial charge on any atom is 0.268 e. The Balaban J connectivity index is 1.36. The van der Waals surface area contributed by atoms with Gasteiger partial charge in [0.15, 0.2) is 0 Å². The summed E-state index contributed by atoms with van der Waals surface area (Å²) >= 11 is 6.05. The van der Waals surface area contributed by atoms with Gasteiger partial charge in [0, 0.05) is 30.9 Å². The Kier molecular flexibility index (Phi) is 5.30. The number of carbonyl (C=O) groups is 1. The van der Waals surface area contributed by atoms with Gasteiger partial charge in [-0.25, -0.2) is 4.39 Å². The molecule has 29 heavy (non-hydrogen) atoms. The molecule has 0 bridgehead atoms. The summed E-state index contributed by atoms with van der Waals surface area (Å²) in [5.74, 6) is -0.900. The first-order valence-corrected chi connectivity index (χ1v) is 9.43. The Bertz CT molecular complexity index is 1060. The maximum absolute atomic E-state index is 14.0. The molecule has 1 aromatic carbocycles. The molecule has 1 aliphatic rings. The molecule has 1 amide bonds. The molecule has 4 rings (SSSR count). The maximum atomic E-state index is 14.0. The Hall–Kier alpha value is -3.20. The second kappa shape index (κ2) is 8.04. The van der Waals surface area contributed by atoms with E-state index in [1.54, 1.807) is 29.3 Å². The van der Waals surface area contributed by atoms with Crippen molar-refractivity contribution >= 4 is 28.9 Å². The molecular formula is C19H18ClFN6O2. The van der Waals surface area contributed by atoms with E-state index in [4.69, 9.17) is 16.4 Å². The zero-order chi connectivity index (χ0) is 20.4. The van der Waals surface area contributed by atoms with Crippen LogP contribution in [-0.2, 0) is 22.7 Å². The lowest BCUT2D eigenvalue weighted by Gasteiger charge is -2.08. The third-order valence-corrected chi connectivity index (χ3v) is 4.78. The summed E-state index contributed by atoms with van der Waals surface area (Å²) in [6, 6.07) is 4.36. The van der Waals surface area contributed by atoms with E-state index < -0.39 is 17.8 Å². The molecule has 0 saturated heterocycles. The highest BCUT2D eigenvalue weighted by molar-refractivity contribution is 6.34. The van der Waals surface area contributed by atoms with Crippen LogP contribution >= 0.6 is 11.6 Å². The van der Waals surface area contributed by atoms with Crippen LogP contribution in [0.15, 0.2) is 48.1 Å². The molecule has 1 atom stereocenters. The van der Waals surface area contributed by atoms with Crippen molar-refractivity contribution in [2.24, 2.45) is 5.16 Å². The minimum absolute atomic E-state index is 0.122. The summed E-state index contributed by atoms with van der Waals surface area (Å²) in [6.07, 6.45) is 6.24. The van der Waals surface area contributed by atoms with Gasteiger partial charge in [-0.3, -0.25) is 14.2 Å². The lowest BCUT2D eigenvalue weighted by molar-refractivity contribution is -0.125. The van der Waals surface area contributed by atoms with Crippen molar-refractivity contribution in [3.05, 3.63) is 65.0 Å². The average Bonchev–Trinajstić information content (AvgIpc) is 3.43. The van der Waals surface area contributed by atoms with Crippen LogP contribution < -0.4 is 5.32 Å². The number of benzene rings is 1. The second-order valence-electron chi connectivity index (χ2n) is 6.55. The fourth-order valence-electron chi connectivity index (χ4n) is 3.02. The number of anilines is 1. The van der Waals surface area contributed by atoms with Gasteiger partial charge in [0.2, 0.25) is 6.10 Å². The minimum atomic E-state index is -0.869. The first kappa shape index (κ1) is 19.1. The van der Waals surface area contributed by atoms with Crippen LogP contribution in [0.5, 0.6) is 0 Å². The van der Waals surface area contributed by atoms with E-state index in [9.17, 15) is 9.18 Å². The van der Waals surface area contributed by atoms with Gasteiger partial charge in [0.25, 0.3) is 5.91 Å². The molecule has 0 spiro atoms. The van der Waals surface area contributed by atoms with Crippen molar-refractivity contribution in [1.29, 1.82) is 0 Å². The van der Waals surface area contributed by atoms with Gasteiger partial charge in [-0.05, 0) is 19.1 Å². The SMILES string of the molecule is CCn1cc(Cn2cc(NC(=O)C3CC(c4c(F)cccc4Cl)=NO3)cn2)cn1. The van der Waals surface area contributed by atoms with Crippen molar-refractivity contribution in [1.82, 2.24) is 19.6 Å². The molecule has 1 unspecified atom stereocenters. The molecule has 0 saturated carbocycles. The molecule has 3 aromatic rings. The molecule has 3 heterocycles. The van der Waals surface area contributed by atoms with Crippen molar-refractivity contribution in [3.63, 3.8) is 0 Å². The zero-order valence-corrected chi connectivity index (χ0v) is 16.3. The molecule has 0 radical (unpaired) electrons. The number of nitrogens with zero attached hydrogens (tertiary/aromatic N) is 5. The van der Waals surface area contributed by atoms with Crippen molar-refractivity contribution in [2.45, 2.75) is 32.5 Å². The van der Waals surface area contributed by atoms with Gasteiger partial charge < -0.3 is 10.2 Å². The highest BCUT2D eigenvalue weighted by Gasteiger charge is 2.31. The van der Waals surface area contributed by atoms with Gasteiger partial charge in [-0.2, -0.15) is 10.2 Å². The zero-order valence-electron chi connectivity index (χ0n) is 15.5. The number of hydrogen-bond donors (Lipinski definition) is 1. The van der Waals surface area contributed by atoms with Crippen LogP contribution in [0.25, 0.3) is 0 Å². The fourth-order valence-corrected chi connectivity index (χ4v) is 3.30. The highest BCUT2D eigenvalue weighted by atomic mass is 35.5. The number of aryl methyl sites for hydroxylation is 1. The van der Waals surface area contributed by atoms with E-state index in [0.29, 0.717) is 17.9 Å². The monoisotopic (exact) mass is 416 g/mol. The van der Waals surface area contributed by atoms with Crippen LogP contribution in [0.4, 0.5) is 10.1 Å². The van der Waals surface area contributed by atoms with E-state index in [2.05, 4.69) is 20.7 Å². The van der Waals surface area contributed by atoms with Crippen LogP contribution in [0.2, 0.25) is 5.02 Å². The lowest BCUT2D eigenvalue weighted by Crippen LogP contribution is -2.28. The Morgan fingerprint density at radius 2 is 2.14 bits per heavy atom. The summed E-state index contributed by atoms with van der Waals surface area (Å²) in [5, 5.41) is 15.3. The summed E-state index contributed by atoms with van der Waals surface area (Å²) in [6.45, 7) is 3.34. The Morgan fingerprint density at radius 1 is 1.31 bits per heavy atom. The molecule has 0 fully saturated rings. The number of halogens is 2. The molecule has 10 heteroatoms. The van der Waals surface area contributed by atoms with Gasteiger partial charge in [0.05, 0.1) is 40.9 Å². The number of oxime groups is 1. The topological polar surface area (TPSA) is 86.3 Å². The quantitative estimate of drug-likeness (QED) is 0.669. The minimum Gasteiger partial charge on any atom is -0.382 e. The average molecular weight is 417 g/mol. The van der Waals surface area contributed by atoms with Crippen LogP contribution in [0.1, 0.15) is 24.5 Å². The van der Waals surface area contributed by atoms with E-state index in [1.807, 2.05) is 17.8 Å². The standard InChI is InChI=1S/C19H18ClFN6O2/c1-2-26-9-12(7-22-26)10-27-11-13(8-23-27)24-19(28)17-6-16(25-29-17)18-14(20)4-3-5-15(18)21/h3-5,7-9,11,17H,2,6,10H2,1H3,(H,24,28). The molecular weight excluding hydrogens is 399 g/mol. The summed E-state index contributed by atoms with van der Waals surface area (Å²) in [5.41, 5.74) is 1.99. The van der Waals surface area contributed by atoms with Crippen molar-refractivity contribution in [2.75, 3.05) is 5.32 Å². The van der Waals surface area contributed by atoms with Crippen LogP contribution in [0, 0.1) is 5.82 Å². The van der Waals surface area contributed by atoms with E-state index in [0.717, 1.165) is 12.1 Å². The summed E-state index contributed by atoms with van der Waals surface area (Å²) in [7, 11) is 0. The first-order chi connectivity index (χ1) is 14.0. The summed E-state index contributed by atoms with van der Waals surface area (Å²) < 4.78 is 17.6. The van der Waals surface area contributed by atoms with Gasteiger partial charge in [-0.15, -0.1) is 0 Å². The number of hydrogen-bond acceptors (Lipinski definition) is 5. The van der Waals surface area contributed by atoms with Crippen LogP contribution in [0.3, 0.4) is 0 Å². The first-order valence-electron chi connectivity index (χ1n) is 9.05. The van der Waals surface area contributed by atoms with Crippen LogP contribution in [-0.4, -0.2) is 37.3 Å². The number of nitrogens with one attached hydrogen (secondary N) is 1. The molecule has 1 N–H and O–H groups in total. The van der Waals surface area contributed by atoms with Gasteiger partial charge in [-0.1, -0.05) is 22.8 Å². The van der Waals surface area contributed by atoms with Gasteiger partial charge in [0.1, 0.15) is 5.82 Å². The van der Waals surface area contributed by atoms with Gasteiger partial charge >= 0.3 is 0 Å². The number of amides is 1. The molecule has 2 aromatic heterocycles. The largest absolute Gasteiger partial charge is 0.382 e. The van der Waals surface area contributed by atoms with E-state index >= 15 is 0 Å². The van der Waals surface area contributed by atoms with Crippen molar-refractivity contribution < 1.29 is 14.0 Å². The highest BCUT2D eigenvalue weighted by Crippen LogP contribution is 2.26. The van der Waals surface area contributed by atoms with Crippen molar-refractivity contribution in [3.8, 4) is 0 Å². The molecule has 150 valence electrons. The van der Waals surface area contributed by atoms with E-state index in [-0.39, 0.29) is 17.0 Å². The summed E-state index contributed by atoms with van der Waals surface area (Å²) in [4.78, 5) is 17.7. The lowest BCUT2D eigenvalue weighted by atomic mass is 10.0.